The smallest absolute Gasteiger partial charge is 0.328 e. The van der Waals surface area contributed by atoms with Gasteiger partial charge in [-0.2, -0.15) is 9.65 Å². The molecule has 0 spiro atoms. The molecule has 1 aromatic heterocycles. The van der Waals surface area contributed by atoms with Gasteiger partial charge in [0.1, 0.15) is 5.69 Å². The van der Waals surface area contributed by atoms with E-state index in [4.69, 9.17) is 11.0 Å². The highest BCUT2D eigenvalue weighted by Gasteiger charge is 2.30. The molecule has 0 aliphatic heterocycles. The first-order valence-corrected chi connectivity index (χ1v) is 11.6. The fraction of sp³-hybridized carbons (Fsp3) is 0.560. The predicted molar refractivity (Wildman–Crippen MR) is 130 cm³/mol. The second kappa shape index (κ2) is 11.7. The molecule has 0 saturated carbocycles. The number of nitrogens with zero attached hydrogens (tertiary/aromatic N) is 3. The molecule has 2 rings (SSSR count). The maximum atomic E-state index is 14.1. The molecule has 0 saturated heterocycles. The van der Waals surface area contributed by atoms with E-state index in [-0.39, 0.29) is 47.2 Å². The van der Waals surface area contributed by atoms with E-state index in [1.54, 1.807) is 20.8 Å². The van der Waals surface area contributed by atoms with Gasteiger partial charge in [0.25, 0.3) is 5.56 Å². The number of rotatable bonds is 9. The van der Waals surface area contributed by atoms with Gasteiger partial charge in [-0.1, -0.05) is 33.8 Å². The number of nitriles is 1. The number of nitrogens with two attached hydrogens (primary N) is 1. The van der Waals surface area contributed by atoms with Crippen LogP contribution in [0.4, 0.5) is 4.39 Å². The Morgan fingerprint density at radius 2 is 2.09 bits per heavy atom. The number of nitrogens with one attached hydrogen (secondary N) is 1. The second-order valence-corrected chi connectivity index (χ2v) is 9.51. The van der Waals surface area contributed by atoms with E-state index in [0.717, 1.165) is 6.42 Å². The second-order valence-electron chi connectivity index (χ2n) is 9.51. The lowest BCUT2D eigenvalue weighted by molar-refractivity contribution is 0.101. The molecular formula is C25H34FN5O3. The normalized spacial score (nSPS) is 20.1. The first-order valence-electron chi connectivity index (χ1n) is 11.6. The molecule has 34 heavy (non-hydrogen) atoms. The number of aromatic amines is 1. The molecule has 3 N–H and O–H groups in total. The van der Waals surface area contributed by atoms with Crippen molar-refractivity contribution in [1.29, 1.82) is 5.26 Å². The van der Waals surface area contributed by atoms with Crippen molar-refractivity contribution in [3.8, 4) is 6.07 Å². The third-order valence-corrected chi connectivity index (χ3v) is 5.86. The Morgan fingerprint density at radius 1 is 1.41 bits per heavy atom. The van der Waals surface area contributed by atoms with Gasteiger partial charge in [-0.25, -0.2) is 9.79 Å². The van der Waals surface area contributed by atoms with Crippen LogP contribution in [0.3, 0.4) is 0 Å². The lowest BCUT2D eigenvalue weighted by atomic mass is 9.78. The summed E-state index contributed by atoms with van der Waals surface area (Å²) in [4.78, 5) is 45.2. The van der Waals surface area contributed by atoms with Crippen LogP contribution < -0.4 is 17.0 Å². The molecule has 0 bridgehead atoms. The zero-order valence-corrected chi connectivity index (χ0v) is 20.5. The van der Waals surface area contributed by atoms with E-state index in [2.05, 4.69) is 16.0 Å². The van der Waals surface area contributed by atoms with Crippen LogP contribution >= 0.6 is 0 Å². The van der Waals surface area contributed by atoms with Gasteiger partial charge in [-0.05, 0) is 61.5 Å². The van der Waals surface area contributed by atoms with Crippen LogP contribution in [0.5, 0.6) is 0 Å². The molecule has 1 aromatic rings. The predicted octanol–water partition coefficient (Wildman–Crippen LogP) is 3.94. The number of H-pyrrole nitrogens is 1. The summed E-state index contributed by atoms with van der Waals surface area (Å²) in [5, 5.41) is 8.95. The minimum Gasteiger partial charge on any atom is -0.387 e. The van der Waals surface area contributed by atoms with Crippen LogP contribution in [0.1, 0.15) is 82.3 Å². The van der Waals surface area contributed by atoms with Crippen LogP contribution in [0, 0.1) is 29.1 Å². The Bertz CT molecular complexity index is 1160. The molecule has 1 aliphatic rings. The maximum Gasteiger partial charge on any atom is 0.328 e. The molecular weight excluding hydrogens is 437 g/mol. The van der Waals surface area contributed by atoms with Crippen LogP contribution in [0.15, 0.2) is 38.3 Å². The van der Waals surface area contributed by atoms with Gasteiger partial charge in [-0.3, -0.25) is 19.1 Å². The summed E-state index contributed by atoms with van der Waals surface area (Å²) in [6.07, 6.45) is 5.57. The summed E-state index contributed by atoms with van der Waals surface area (Å²) in [7, 11) is 0. The quantitative estimate of drug-likeness (QED) is 0.243. The monoisotopic (exact) mass is 471 g/mol. The highest BCUT2D eigenvalue weighted by molar-refractivity contribution is 6.08. The molecule has 0 radical (unpaired) electrons. The zero-order valence-electron chi connectivity index (χ0n) is 20.5. The van der Waals surface area contributed by atoms with Crippen molar-refractivity contribution in [3.05, 3.63) is 55.8 Å². The summed E-state index contributed by atoms with van der Waals surface area (Å²) >= 11 is 0. The summed E-state index contributed by atoms with van der Waals surface area (Å²) < 4.78 is 15.3. The number of halogens is 1. The first-order chi connectivity index (χ1) is 15.9. The van der Waals surface area contributed by atoms with Crippen LogP contribution in [0.2, 0.25) is 0 Å². The molecule has 0 amide bonds. The van der Waals surface area contributed by atoms with Gasteiger partial charge in [0, 0.05) is 18.5 Å². The minimum absolute atomic E-state index is 0.0241. The van der Waals surface area contributed by atoms with E-state index < -0.39 is 23.1 Å². The van der Waals surface area contributed by atoms with E-state index in [1.807, 2.05) is 13.0 Å². The van der Waals surface area contributed by atoms with E-state index in [0.29, 0.717) is 24.8 Å². The zero-order chi connectivity index (χ0) is 25.6. The van der Waals surface area contributed by atoms with Gasteiger partial charge in [0.05, 0.1) is 11.9 Å². The lowest BCUT2D eigenvalue weighted by Crippen LogP contribution is -2.39. The molecule has 184 valence electrons. The summed E-state index contributed by atoms with van der Waals surface area (Å²) in [5.41, 5.74) is 4.92. The molecule has 8 nitrogen and oxygen atoms in total. The van der Waals surface area contributed by atoms with Crippen molar-refractivity contribution in [2.24, 2.45) is 28.5 Å². The highest BCUT2D eigenvalue weighted by atomic mass is 19.1. The van der Waals surface area contributed by atoms with Gasteiger partial charge in [0.2, 0.25) is 11.7 Å². The van der Waals surface area contributed by atoms with Crippen molar-refractivity contribution in [2.45, 2.75) is 72.8 Å². The Balaban J connectivity index is 2.58. The van der Waals surface area contributed by atoms with Gasteiger partial charge < -0.3 is 5.73 Å². The number of carbonyl (C=O) groups is 1. The first kappa shape index (κ1) is 27.0. The Hall–Kier alpha value is -3.28. The standard InChI is InChI=1S/C25H34FN5O3/c1-14(2)21-22(23(32)19-10-15(3)9-18(12-19)7-6-8-27)31(25(34)30-24(21)33)13-16(4)11-20(26)29-17(5)28/h10-11,14-16,18H,6-7,9,12-13H2,1-5H3,(H2,28,29)(H,30,33,34)/b20-11-. The Morgan fingerprint density at radius 3 is 2.68 bits per heavy atom. The molecule has 1 heterocycles. The maximum absolute atomic E-state index is 14.1. The van der Waals surface area contributed by atoms with Gasteiger partial charge in [-0.15, -0.1) is 0 Å². The Labute approximate surface area is 199 Å². The van der Waals surface area contributed by atoms with Crippen molar-refractivity contribution < 1.29 is 9.18 Å². The molecule has 3 unspecified atom stereocenters. The van der Waals surface area contributed by atoms with Crippen LogP contribution in [-0.4, -0.2) is 21.2 Å². The average Bonchev–Trinajstić information content (AvgIpc) is 2.71. The van der Waals surface area contributed by atoms with Gasteiger partial charge >= 0.3 is 5.69 Å². The van der Waals surface area contributed by atoms with Gasteiger partial charge in [0.15, 0.2) is 0 Å². The Kier molecular flexibility index (Phi) is 9.30. The number of amidine groups is 1. The third-order valence-electron chi connectivity index (χ3n) is 5.86. The number of hydrogen-bond donors (Lipinski definition) is 2. The van der Waals surface area contributed by atoms with Crippen molar-refractivity contribution in [1.82, 2.24) is 9.55 Å². The van der Waals surface area contributed by atoms with E-state index >= 15 is 0 Å². The fourth-order valence-corrected chi connectivity index (χ4v) is 4.53. The summed E-state index contributed by atoms with van der Waals surface area (Å²) in [6, 6.07) is 2.15. The molecule has 0 aromatic carbocycles. The van der Waals surface area contributed by atoms with Crippen molar-refractivity contribution >= 4 is 11.6 Å². The highest BCUT2D eigenvalue weighted by Crippen LogP contribution is 2.33. The number of aromatic nitrogens is 2. The molecule has 9 heteroatoms. The fourth-order valence-electron chi connectivity index (χ4n) is 4.53. The van der Waals surface area contributed by atoms with E-state index in [9.17, 15) is 18.8 Å². The summed E-state index contributed by atoms with van der Waals surface area (Å²) in [6.45, 7) is 8.69. The van der Waals surface area contributed by atoms with E-state index in [1.165, 1.54) is 17.6 Å². The minimum atomic E-state index is -0.786. The number of aliphatic imine (C=N–C) groups is 1. The molecule has 3 atom stereocenters. The summed E-state index contributed by atoms with van der Waals surface area (Å²) in [5.74, 6) is -1.62. The van der Waals surface area contributed by atoms with Crippen molar-refractivity contribution in [3.63, 3.8) is 0 Å². The third kappa shape index (κ3) is 6.86. The van der Waals surface area contributed by atoms with Crippen LogP contribution in [0.25, 0.3) is 0 Å². The average molecular weight is 472 g/mol. The molecule has 1 aliphatic carbocycles. The van der Waals surface area contributed by atoms with Crippen molar-refractivity contribution in [2.75, 3.05) is 0 Å². The van der Waals surface area contributed by atoms with Crippen LogP contribution in [-0.2, 0) is 6.54 Å². The largest absolute Gasteiger partial charge is 0.387 e. The number of carbonyl (C=O) groups excluding carboxylic acids is 1. The number of hydrogen-bond acceptors (Lipinski definition) is 5. The SMILES string of the molecule is CC(N)=N/C(F)=C\C(C)Cn1c(C(=O)C2=CC(C)CC(CCC#N)C2)c(C(C)C)c(=O)[nH]c1=O. The number of Topliss-reactive ketones (excluding diaryl/α,β-unsaturated/α-hetero) is 1. The number of allylic oxidation sites excluding steroid dienone is 3. The topological polar surface area (TPSA) is 134 Å². The lowest BCUT2D eigenvalue weighted by Gasteiger charge is -2.27. The molecule has 0 fully saturated rings. The number of ketones is 1.